The highest BCUT2D eigenvalue weighted by Gasteiger charge is 2.51. The van der Waals surface area contributed by atoms with Crippen LogP contribution in [-0.4, -0.2) is 79.0 Å². The number of ether oxygens (including phenoxy) is 3. The van der Waals surface area contributed by atoms with E-state index in [0.717, 1.165) is 56.3 Å². The van der Waals surface area contributed by atoms with E-state index in [0.29, 0.717) is 17.1 Å². The minimum atomic E-state index is -1.90. The van der Waals surface area contributed by atoms with E-state index in [1.807, 2.05) is 0 Å². The van der Waals surface area contributed by atoms with Gasteiger partial charge in [0.2, 0.25) is 6.23 Å². The maximum Gasteiger partial charge on any atom is 0.338 e. The number of Topliss-reactive ketones (excluding diaryl/α,β-unsaturated/α-hetero) is 1. The molecule has 2 aromatic carbocycles. The Balaban J connectivity index is 1.82. The number of ketones is 1. The van der Waals surface area contributed by atoms with Crippen LogP contribution in [0.3, 0.4) is 0 Å². The number of carbonyl (C=O) groups excluding carboxylic acids is 5. The maximum absolute atomic E-state index is 13.9. The lowest BCUT2D eigenvalue weighted by molar-refractivity contribution is -0.143. The number of amides is 4. The molecule has 1 aliphatic rings. The first kappa shape index (κ1) is 37.5. The van der Waals surface area contributed by atoms with Crippen molar-refractivity contribution >= 4 is 46.9 Å². The predicted molar refractivity (Wildman–Crippen MR) is 179 cm³/mol. The van der Waals surface area contributed by atoms with Crippen LogP contribution in [0.1, 0.15) is 98.8 Å². The van der Waals surface area contributed by atoms with E-state index >= 15 is 0 Å². The van der Waals surface area contributed by atoms with Gasteiger partial charge in [-0.2, -0.15) is 0 Å². The standard InChI is InChI=1S/C35H46ClN3O8/c1-5-7-9-11-12-14-22-47-34(43)25-17-20-27(36)28(23-25)37-31(41)29(30(40)24-15-18-26(45-4)19-16-24)39-32(42)33(38(3)35(39)44)46-21-13-10-8-6-2/h15-20,23,29,33H,5-14,21-22H2,1-4H3,(H,37,41). The van der Waals surface area contributed by atoms with Gasteiger partial charge < -0.3 is 19.5 Å². The Morgan fingerprint density at radius 3 is 2.11 bits per heavy atom. The molecule has 0 saturated carbocycles. The van der Waals surface area contributed by atoms with E-state index in [9.17, 15) is 24.0 Å². The molecule has 1 fully saturated rings. The van der Waals surface area contributed by atoms with Crippen LogP contribution >= 0.6 is 11.6 Å². The molecule has 2 unspecified atom stereocenters. The van der Waals surface area contributed by atoms with Gasteiger partial charge in [-0.25, -0.2) is 14.5 Å². The lowest BCUT2D eigenvalue weighted by Gasteiger charge is -2.24. The highest BCUT2D eigenvalue weighted by atomic mass is 35.5. The number of hydrogen-bond donors (Lipinski definition) is 1. The number of nitrogens with zero attached hydrogens (tertiary/aromatic N) is 2. The number of benzene rings is 2. The van der Waals surface area contributed by atoms with Crippen molar-refractivity contribution < 1.29 is 38.2 Å². The van der Waals surface area contributed by atoms with E-state index in [1.165, 1.54) is 63.0 Å². The number of anilines is 1. The number of rotatable bonds is 20. The third-order valence-electron chi connectivity index (χ3n) is 7.90. The van der Waals surface area contributed by atoms with Crippen molar-refractivity contribution in [3.63, 3.8) is 0 Å². The summed E-state index contributed by atoms with van der Waals surface area (Å²) in [7, 11) is 2.84. The fraction of sp³-hybridized carbons (Fsp3) is 0.514. The van der Waals surface area contributed by atoms with Gasteiger partial charge in [0.05, 0.1) is 30.0 Å². The van der Waals surface area contributed by atoms with Gasteiger partial charge in [-0.05, 0) is 55.3 Å². The first-order chi connectivity index (χ1) is 22.6. The zero-order valence-corrected chi connectivity index (χ0v) is 28.5. The summed E-state index contributed by atoms with van der Waals surface area (Å²) in [6, 6.07) is 7.38. The number of hydrogen-bond acceptors (Lipinski definition) is 8. The number of carbonyl (C=O) groups is 5. The summed E-state index contributed by atoms with van der Waals surface area (Å²) in [6.07, 6.45) is 8.53. The summed E-state index contributed by atoms with van der Waals surface area (Å²) in [4.78, 5) is 69.2. The molecular weight excluding hydrogens is 626 g/mol. The van der Waals surface area contributed by atoms with Crippen LogP contribution in [0, 0.1) is 0 Å². The summed E-state index contributed by atoms with van der Waals surface area (Å²) < 4.78 is 16.3. The Bertz CT molecular complexity index is 1380. The molecule has 0 aromatic heterocycles. The number of unbranched alkanes of at least 4 members (excludes halogenated alkanes) is 8. The van der Waals surface area contributed by atoms with Gasteiger partial charge in [-0.3, -0.25) is 19.3 Å². The highest BCUT2D eigenvalue weighted by molar-refractivity contribution is 6.34. The molecule has 0 bridgehead atoms. The molecule has 0 spiro atoms. The van der Waals surface area contributed by atoms with Crippen LogP contribution < -0.4 is 10.1 Å². The van der Waals surface area contributed by atoms with Crippen LogP contribution in [0.25, 0.3) is 0 Å². The van der Waals surface area contributed by atoms with Gasteiger partial charge in [0.1, 0.15) is 5.75 Å². The largest absolute Gasteiger partial charge is 0.497 e. The van der Waals surface area contributed by atoms with Gasteiger partial charge in [0, 0.05) is 19.2 Å². The second-order valence-corrected chi connectivity index (χ2v) is 11.9. The van der Waals surface area contributed by atoms with Crippen molar-refractivity contribution in [2.24, 2.45) is 0 Å². The van der Waals surface area contributed by atoms with Gasteiger partial charge in [0.25, 0.3) is 11.8 Å². The number of nitrogens with one attached hydrogen (secondary N) is 1. The number of halogens is 1. The number of methoxy groups -OCH3 is 1. The molecule has 2 atom stereocenters. The molecule has 11 nitrogen and oxygen atoms in total. The Kier molecular flexibility index (Phi) is 15.2. The lowest BCUT2D eigenvalue weighted by atomic mass is 10.0. The third kappa shape index (κ3) is 10.3. The smallest absolute Gasteiger partial charge is 0.338 e. The van der Waals surface area contributed by atoms with Gasteiger partial charge in [-0.15, -0.1) is 0 Å². The van der Waals surface area contributed by atoms with Crippen LogP contribution in [-0.2, 0) is 19.1 Å². The Hall–Kier alpha value is -3.96. The van der Waals surface area contributed by atoms with Crippen LogP contribution in [0.2, 0.25) is 5.02 Å². The quantitative estimate of drug-likeness (QED) is 0.0530. The van der Waals surface area contributed by atoms with Crippen molar-refractivity contribution in [3.8, 4) is 5.75 Å². The number of urea groups is 1. The van der Waals surface area contributed by atoms with Crippen LogP contribution in [0.15, 0.2) is 42.5 Å². The normalized spacial score (nSPS) is 15.1. The molecule has 0 radical (unpaired) electrons. The molecule has 256 valence electrons. The molecule has 0 aliphatic carbocycles. The molecule has 1 aliphatic heterocycles. The van der Waals surface area contributed by atoms with Crippen molar-refractivity contribution in [2.45, 2.75) is 90.3 Å². The summed E-state index contributed by atoms with van der Waals surface area (Å²) in [5.74, 6) is -2.77. The first-order valence-corrected chi connectivity index (χ1v) is 16.7. The molecule has 1 heterocycles. The fourth-order valence-electron chi connectivity index (χ4n) is 5.14. The van der Waals surface area contributed by atoms with Crippen molar-refractivity contribution in [1.82, 2.24) is 9.80 Å². The monoisotopic (exact) mass is 671 g/mol. The molecule has 2 aromatic rings. The maximum atomic E-state index is 13.9. The zero-order chi connectivity index (χ0) is 34.3. The van der Waals surface area contributed by atoms with Gasteiger partial charge in [-0.1, -0.05) is 76.8 Å². The lowest BCUT2D eigenvalue weighted by Crippen LogP contribution is -2.52. The van der Waals surface area contributed by atoms with E-state index < -0.39 is 41.9 Å². The summed E-state index contributed by atoms with van der Waals surface area (Å²) in [5, 5.41) is 2.63. The molecule has 12 heteroatoms. The molecule has 4 amide bonds. The minimum Gasteiger partial charge on any atom is -0.497 e. The van der Waals surface area contributed by atoms with Crippen molar-refractivity contribution in [2.75, 3.05) is 32.7 Å². The predicted octanol–water partition coefficient (Wildman–Crippen LogP) is 6.87. The second-order valence-electron chi connectivity index (χ2n) is 11.5. The van der Waals surface area contributed by atoms with Crippen LogP contribution in [0.5, 0.6) is 5.75 Å². The molecule has 1 saturated heterocycles. The number of imide groups is 1. The average Bonchev–Trinajstić information content (AvgIpc) is 3.27. The highest BCUT2D eigenvalue weighted by Crippen LogP contribution is 2.27. The van der Waals surface area contributed by atoms with Gasteiger partial charge in [0.15, 0.2) is 11.8 Å². The number of likely N-dealkylation sites (N-methyl/N-ethyl adjacent to an activating group) is 1. The van der Waals surface area contributed by atoms with Gasteiger partial charge >= 0.3 is 12.0 Å². The average molecular weight is 672 g/mol. The zero-order valence-electron chi connectivity index (χ0n) is 27.7. The fourth-order valence-corrected chi connectivity index (χ4v) is 5.30. The summed E-state index contributed by atoms with van der Waals surface area (Å²) in [5.41, 5.74) is 0.212. The Labute approximate surface area is 281 Å². The SMILES string of the molecule is CCCCCCCCOC(=O)c1ccc(Cl)c(NC(=O)C(C(=O)c2ccc(OC)cc2)N2C(=O)C(OCCCCCC)N(C)C2=O)c1. The second kappa shape index (κ2) is 19.0. The van der Waals surface area contributed by atoms with E-state index in [-0.39, 0.29) is 35.1 Å². The van der Waals surface area contributed by atoms with E-state index in [4.69, 9.17) is 25.8 Å². The van der Waals surface area contributed by atoms with Crippen molar-refractivity contribution in [3.05, 3.63) is 58.6 Å². The van der Waals surface area contributed by atoms with E-state index in [2.05, 4.69) is 19.2 Å². The van der Waals surface area contributed by atoms with Crippen LogP contribution in [0.4, 0.5) is 10.5 Å². The molecule has 47 heavy (non-hydrogen) atoms. The summed E-state index contributed by atoms with van der Waals surface area (Å²) in [6.45, 7) is 4.70. The molecule has 3 rings (SSSR count). The van der Waals surface area contributed by atoms with Crippen molar-refractivity contribution in [1.29, 1.82) is 0 Å². The topological polar surface area (TPSA) is 132 Å². The third-order valence-corrected chi connectivity index (χ3v) is 8.23. The van der Waals surface area contributed by atoms with E-state index in [1.54, 1.807) is 0 Å². The first-order valence-electron chi connectivity index (χ1n) is 16.3. The molecular formula is C35H46ClN3O8. The summed E-state index contributed by atoms with van der Waals surface area (Å²) >= 11 is 6.38. The Morgan fingerprint density at radius 1 is 0.851 bits per heavy atom. The molecule has 1 N–H and O–H groups in total. The Morgan fingerprint density at radius 2 is 1.45 bits per heavy atom. The minimum absolute atomic E-state index is 0.00869. The number of esters is 1.